The molecular weight excluding hydrogens is 176 g/mol. The molecule has 1 spiro atoms. The standard InChI is InChI=1S/C10H14N4/c1-2-4-10(3-1)5-14(6-10)9-12-7-11-8-13-9/h7-8H,1-6H2. The molecule has 1 aromatic rings. The van der Waals surface area contributed by atoms with Crippen LogP contribution in [0.15, 0.2) is 12.7 Å². The first-order chi connectivity index (χ1) is 6.88. The lowest BCUT2D eigenvalue weighted by Gasteiger charge is -2.48. The summed E-state index contributed by atoms with van der Waals surface area (Å²) in [5.41, 5.74) is 0.618. The monoisotopic (exact) mass is 190 g/mol. The SMILES string of the molecule is c1ncnc(N2CC3(CCCC3)C2)n1. The second-order valence-electron chi connectivity index (χ2n) is 4.50. The summed E-state index contributed by atoms with van der Waals surface area (Å²) >= 11 is 0. The largest absolute Gasteiger partial charge is 0.339 e. The molecule has 0 N–H and O–H groups in total. The number of hydrogen-bond donors (Lipinski definition) is 0. The van der Waals surface area contributed by atoms with Crippen molar-refractivity contribution in [2.24, 2.45) is 5.41 Å². The van der Waals surface area contributed by atoms with Gasteiger partial charge in [-0.1, -0.05) is 12.8 Å². The number of anilines is 1. The van der Waals surface area contributed by atoms with E-state index in [2.05, 4.69) is 19.9 Å². The molecule has 0 unspecified atom stereocenters. The summed E-state index contributed by atoms with van der Waals surface area (Å²) in [7, 11) is 0. The van der Waals surface area contributed by atoms with E-state index in [-0.39, 0.29) is 0 Å². The molecule has 1 saturated heterocycles. The van der Waals surface area contributed by atoms with Crippen molar-refractivity contribution < 1.29 is 0 Å². The van der Waals surface area contributed by atoms with Gasteiger partial charge in [0.2, 0.25) is 5.95 Å². The molecule has 1 saturated carbocycles. The Balaban J connectivity index is 1.69. The fourth-order valence-corrected chi connectivity index (χ4v) is 2.74. The highest BCUT2D eigenvalue weighted by atomic mass is 15.3. The molecule has 2 fully saturated rings. The zero-order chi connectivity index (χ0) is 9.43. The fraction of sp³-hybridized carbons (Fsp3) is 0.700. The van der Waals surface area contributed by atoms with Gasteiger partial charge in [-0.3, -0.25) is 0 Å². The third-order valence-corrected chi connectivity index (χ3v) is 3.48. The van der Waals surface area contributed by atoms with Crippen LogP contribution in [0.25, 0.3) is 0 Å². The molecular formula is C10H14N4. The van der Waals surface area contributed by atoms with E-state index >= 15 is 0 Å². The summed E-state index contributed by atoms with van der Waals surface area (Å²) in [6.45, 7) is 2.30. The zero-order valence-electron chi connectivity index (χ0n) is 8.19. The summed E-state index contributed by atoms with van der Waals surface area (Å²) in [5, 5.41) is 0. The van der Waals surface area contributed by atoms with E-state index in [4.69, 9.17) is 0 Å². The molecule has 0 bridgehead atoms. The summed E-state index contributed by atoms with van der Waals surface area (Å²) in [6, 6.07) is 0. The van der Waals surface area contributed by atoms with E-state index in [1.54, 1.807) is 12.7 Å². The zero-order valence-corrected chi connectivity index (χ0v) is 8.19. The molecule has 2 heterocycles. The van der Waals surface area contributed by atoms with Crippen LogP contribution in [0.3, 0.4) is 0 Å². The van der Waals surface area contributed by atoms with Gasteiger partial charge in [0.05, 0.1) is 0 Å². The Morgan fingerprint density at radius 3 is 2.36 bits per heavy atom. The van der Waals surface area contributed by atoms with Crippen LogP contribution >= 0.6 is 0 Å². The van der Waals surface area contributed by atoms with Gasteiger partial charge in [-0.25, -0.2) is 15.0 Å². The smallest absolute Gasteiger partial charge is 0.228 e. The lowest BCUT2D eigenvalue weighted by Crippen LogP contribution is -2.55. The highest BCUT2D eigenvalue weighted by Crippen LogP contribution is 2.45. The maximum absolute atomic E-state index is 4.16. The Labute approximate surface area is 83.4 Å². The molecule has 1 aliphatic carbocycles. The molecule has 1 aromatic heterocycles. The topological polar surface area (TPSA) is 41.9 Å². The van der Waals surface area contributed by atoms with Crippen LogP contribution in [0, 0.1) is 5.41 Å². The van der Waals surface area contributed by atoms with Crippen LogP contribution in [-0.4, -0.2) is 28.0 Å². The van der Waals surface area contributed by atoms with E-state index in [1.807, 2.05) is 0 Å². The molecule has 0 radical (unpaired) electrons. The maximum atomic E-state index is 4.16. The maximum Gasteiger partial charge on any atom is 0.228 e. The van der Waals surface area contributed by atoms with Gasteiger partial charge in [0.15, 0.2) is 0 Å². The van der Waals surface area contributed by atoms with Crippen LogP contribution in [-0.2, 0) is 0 Å². The van der Waals surface area contributed by atoms with E-state index < -0.39 is 0 Å². The van der Waals surface area contributed by atoms with E-state index in [0.29, 0.717) is 5.41 Å². The van der Waals surface area contributed by atoms with Crippen molar-refractivity contribution in [2.45, 2.75) is 25.7 Å². The van der Waals surface area contributed by atoms with Crippen LogP contribution < -0.4 is 4.90 Å². The van der Waals surface area contributed by atoms with Crippen molar-refractivity contribution in [3.8, 4) is 0 Å². The minimum absolute atomic E-state index is 0.618. The van der Waals surface area contributed by atoms with E-state index in [1.165, 1.54) is 25.7 Å². The molecule has 74 valence electrons. The molecule has 0 atom stereocenters. The average Bonchev–Trinajstić information content (AvgIpc) is 2.65. The first kappa shape index (κ1) is 8.15. The minimum atomic E-state index is 0.618. The van der Waals surface area contributed by atoms with Gasteiger partial charge in [0.1, 0.15) is 12.7 Å². The second kappa shape index (κ2) is 2.90. The summed E-state index contributed by atoms with van der Waals surface area (Å²) in [6.07, 6.45) is 8.75. The number of hydrogen-bond acceptors (Lipinski definition) is 4. The van der Waals surface area contributed by atoms with Gasteiger partial charge >= 0.3 is 0 Å². The van der Waals surface area contributed by atoms with Gasteiger partial charge in [-0.15, -0.1) is 0 Å². The molecule has 4 nitrogen and oxygen atoms in total. The molecule has 2 aliphatic rings. The van der Waals surface area contributed by atoms with Gasteiger partial charge in [0, 0.05) is 18.5 Å². The molecule has 4 heteroatoms. The number of rotatable bonds is 1. The van der Waals surface area contributed by atoms with Crippen molar-refractivity contribution in [1.29, 1.82) is 0 Å². The summed E-state index contributed by atoms with van der Waals surface area (Å²) < 4.78 is 0. The van der Waals surface area contributed by atoms with Crippen LogP contribution in [0.4, 0.5) is 5.95 Å². The van der Waals surface area contributed by atoms with Gasteiger partial charge in [-0.2, -0.15) is 0 Å². The van der Waals surface area contributed by atoms with E-state index in [0.717, 1.165) is 19.0 Å². The number of aromatic nitrogens is 3. The van der Waals surface area contributed by atoms with Crippen molar-refractivity contribution in [1.82, 2.24) is 15.0 Å². The molecule has 3 rings (SSSR count). The highest BCUT2D eigenvalue weighted by molar-refractivity contribution is 5.35. The minimum Gasteiger partial charge on any atom is -0.339 e. The fourth-order valence-electron chi connectivity index (χ4n) is 2.74. The molecule has 14 heavy (non-hydrogen) atoms. The Bertz CT molecular complexity index is 310. The third-order valence-electron chi connectivity index (χ3n) is 3.48. The van der Waals surface area contributed by atoms with Crippen molar-refractivity contribution >= 4 is 5.95 Å². The van der Waals surface area contributed by atoms with Crippen molar-refractivity contribution in [3.05, 3.63) is 12.7 Å². The summed E-state index contributed by atoms with van der Waals surface area (Å²) in [5.74, 6) is 0.845. The van der Waals surface area contributed by atoms with E-state index in [9.17, 15) is 0 Å². The second-order valence-corrected chi connectivity index (χ2v) is 4.50. The van der Waals surface area contributed by atoms with Crippen molar-refractivity contribution in [3.63, 3.8) is 0 Å². The van der Waals surface area contributed by atoms with Gasteiger partial charge < -0.3 is 4.90 Å². The van der Waals surface area contributed by atoms with Crippen LogP contribution in [0.1, 0.15) is 25.7 Å². The Hall–Kier alpha value is -1.19. The van der Waals surface area contributed by atoms with Crippen LogP contribution in [0.5, 0.6) is 0 Å². The van der Waals surface area contributed by atoms with Crippen LogP contribution in [0.2, 0.25) is 0 Å². The molecule has 0 aromatic carbocycles. The third kappa shape index (κ3) is 1.17. The Kier molecular flexibility index (Phi) is 1.69. The lowest BCUT2D eigenvalue weighted by molar-refractivity contribution is 0.218. The molecule has 0 amide bonds. The first-order valence-electron chi connectivity index (χ1n) is 5.25. The first-order valence-corrected chi connectivity index (χ1v) is 5.25. The Morgan fingerprint density at radius 2 is 1.71 bits per heavy atom. The predicted molar refractivity (Wildman–Crippen MR) is 52.9 cm³/mol. The molecule has 1 aliphatic heterocycles. The van der Waals surface area contributed by atoms with Gasteiger partial charge in [0.25, 0.3) is 0 Å². The lowest BCUT2D eigenvalue weighted by atomic mass is 9.78. The Morgan fingerprint density at radius 1 is 1.07 bits per heavy atom. The average molecular weight is 190 g/mol. The summed E-state index contributed by atoms with van der Waals surface area (Å²) in [4.78, 5) is 14.4. The highest BCUT2D eigenvalue weighted by Gasteiger charge is 2.45. The quantitative estimate of drug-likeness (QED) is 0.668. The normalized spacial score (nSPS) is 23.9. The number of nitrogens with zero attached hydrogens (tertiary/aromatic N) is 4. The van der Waals surface area contributed by atoms with Crippen molar-refractivity contribution in [2.75, 3.05) is 18.0 Å². The van der Waals surface area contributed by atoms with Gasteiger partial charge in [-0.05, 0) is 12.8 Å². The predicted octanol–water partition coefficient (Wildman–Crippen LogP) is 1.25.